The van der Waals surface area contributed by atoms with Gasteiger partial charge >= 0.3 is 6.18 Å². The highest BCUT2D eigenvalue weighted by Crippen LogP contribution is 2.33. The van der Waals surface area contributed by atoms with Crippen LogP contribution in [0.1, 0.15) is 29.8 Å². The van der Waals surface area contributed by atoms with Gasteiger partial charge in [0.05, 0.1) is 17.8 Å². The summed E-state index contributed by atoms with van der Waals surface area (Å²) >= 11 is 0. The number of carbonyl (C=O) groups is 1. The van der Waals surface area contributed by atoms with Gasteiger partial charge in [0, 0.05) is 24.3 Å². The van der Waals surface area contributed by atoms with Crippen molar-refractivity contribution in [2.24, 2.45) is 0 Å². The van der Waals surface area contributed by atoms with Crippen LogP contribution in [0.2, 0.25) is 0 Å². The van der Waals surface area contributed by atoms with E-state index >= 15 is 0 Å². The molecule has 0 spiro atoms. The number of halogens is 3. The van der Waals surface area contributed by atoms with Gasteiger partial charge < -0.3 is 9.64 Å². The molecule has 1 aliphatic heterocycles. The van der Waals surface area contributed by atoms with Crippen molar-refractivity contribution in [2.75, 3.05) is 18.0 Å². The van der Waals surface area contributed by atoms with Crippen LogP contribution < -0.4 is 4.90 Å². The molecule has 0 N–H and O–H groups in total. The quantitative estimate of drug-likeness (QED) is 0.783. The summed E-state index contributed by atoms with van der Waals surface area (Å²) in [5.41, 5.74) is -0.228. The fourth-order valence-corrected chi connectivity index (χ4v) is 2.49. The van der Waals surface area contributed by atoms with Gasteiger partial charge in [0.2, 0.25) is 0 Å². The molecule has 2 rings (SSSR count). The minimum absolute atomic E-state index is 0.0273. The topological polar surface area (TPSA) is 29.5 Å². The fourth-order valence-electron chi connectivity index (χ4n) is 2.49. The van der Waals surface area contributed by atoms with Gasteiger partial charge in [-0.2, -0.15) is 13.2 Å². The van der Waals surface area contributed by atoms with E-state index in [-0.39, 0.29) is 17.8 Å². The molecular formula is C14H16F3NO2. The maximum absolute atomic E-state index is 12.7. The molecule has 0 saturated carbocycles. The minimum atomic E-state index is -4.44. The first kappa shape index (κ1) is 14.8. The lowest BCUT2D eigenvalue weighted by molar-refractivity contribution is -0.137. The Kier molecular flexibility index (Phi) is 4.04. The largest absolute Gasteiger partial charge is 0.416 e. The predicted octanol–water partition coefficient (Wildman–Crippen LogP) is 3.13. The van der Waals surface area contributed by atoms with Crippen LogP contribution in [0.15, 0.2) is 18.2 Å². The van der Waals surface area contributed by atoms with Gasteiger partial charge in [0.1, 0.15) is 0 Å². The summed E-state index contributed by atoms with van der Waals surface area (Å²) in [4.78, 5) is 13.0. The molecule has 2 atom stereocenters. The van der Waals surface area contributed by atoms with E-state index < -0.39 is 11.7 Å². The SMILES string of the molecule is C[C@@H]1CN(c2ccc(C(F)(F)F)cc2C=O)C[C@H](C)O1. The highest BCUT2D eigenvalue weighted by molar-refractivity contribution is 5.85. The van der Waals surface area contributed by atoms with Gasteiger partial charge in [-0.15, -0.1) is 0 Å². The van der Waals surface area contributed by atoms with Gasteiger partial charge in [-0.05, 0) is 32.0 Å². The second-order valence-electron chi connectivity index (χ2n) is 5.05. The number of alkyl halides is 3. The molecule has 6 heteroatoms. The van der Waals surface area contributed by atoms with Crippen LogP contribution in [0.5, 0.6) is 0 Å². The van der Waals surface area contributed by atoms with Crippen LogP contribution in [0.3, 0.4) is 0 Å². The molecule has 1 aliphatic rings. The summed E-state index contributed by atoms with van der Waals surface area (Å²) in [6.07, 6.45) is -4.03. The van der Waals surface area contributed by atoms with E-state index in [1.165, 1.54) is 6.07 Å². The minimum Gasteiger partial charge on any atom is -0.372 e. The van der Waals surface area contributed by atoms with Crippen molar-refractivity contribution >= 4 is 12.0 Å². The lowest BCUT2D eigenvalue weighted by Crippen LogP contribution is -2.45. The van der Waals surface area contributed by atoms with Gasteiger partial charge in [-0.25, -0.2) is 0 Å². The maximum atomic E-state index is 12.7. The number of aldehydes is 1. The normalized spacial score (nSPS) is 23.8. The summed E-state index contributed by atoms with van der Waals surface area (Å²) in [6, 6.07) is 3.26. The van der Waals surface area contributed by atoms with E-state index in [0.29, 0.717) is 25.1 Å². The molecule has 1 fully saturated rings. The Bertz CT molecular complexity index is 492. The number of hydrogen-bond acceptors (Lipinski definition) is 3. The molecule has 0 aliphatic carbocycles. The number of anilines is 1. The summed E-state index contributed by atoms with van der Waals surface area (Å²) in [5, 5.41) is 0. The number of nitrogens with zero attached hydrogens (tertiary/aromatic N) is 1. The van der Waals surface area contributed by atoms with Gasteiger partial charge in [-0.1, -0.05) is 0 Å². The first-order valence-electron chi connectivity index (χ1n) is 6.38. The summed E-state index contributed by atoms with van der Waals surface area (Å²) in [6.45, 7) is 4.90. The fraction of sp³-hybridized carbons (Fsp3) is 0.500. The number of rotatable bonds is 2. The zero-order valence-corrected chi connectivity index (χ0v) is 11.3. The third-order valence-corrected chi connectivity index (χ3v) is 3.24. The van der Waals surface area contributed by atoms with Crippen molar-refractivity contribution in [3.8, 4) is 0 Å². The molecule has 0 unspecified atom stereocenters. The van der Waals surface area contributed by atoms with E-state index in [9.17, 15) is 18.0 Å². The second-order valence-corrected chi connectivity index (χ2v) is 5.05. The Balaban J connectivity index is 2.34. The third-order valence-electron chi connectivity index (χ3n) is 3.24. The van der Waals surface area contributed by atoms with Crippen LogP contribution in [0.25, 0.3) is 0 Å². The predicted molar refractivity (Wildman–Crippen MR) is 69.1 cm³/mol. The van der Waals surface area contributed by atoms with E-state index in [1.807, 2.05) is 18.7 Å². The average Bonchev–Trinajstić information content (AvgIpc) is 2.35. The highest BCUT2D eigenvalue weighted by Gasteiger charge is 2.32. The zero-order chi connectivity index (χ0) is 14.9. The Morgan fingerprint density at radius 2 is 1.85 bits per heavy atom. The second kappa shape index (κ2) is 5.44. The van der Waals surface area contributed by atoms with E-state index in [1.54, 1.807) is 0 Å². The van der Waals surface area contributed by atoms with Crippen molar-refractivity contribution in [2.45, 2.75) is 32.2 Å². The Hall–Kier alpha value is -1.56. The molecule has 0 aromatic heterocycles. The van der Waals surface area contributed by atoms with Crippen LogP contribution in [-0.4, -0.2) is 31.6 Å². The third kappa shape index (κ3) is 3.12. The molecule has 1 saturated heterocycles. The lowest BCUT2D eigenvalue weighted by atomic mass is 10.1. The van der Waals surface area contributed by atoms with Crippen molar-refractivity contribution in [1.82, 2.24) is 0 Å². The maximum Gasteiger partial charge on any atom is 0.416 e. The summed E-state index contributed by atoms with van der Waals surface area (Å²) in [5.74, 6) is 0. The monoisotopic (exact) mass is 287 g/mol. The van der Waals surface area contributed by atoms with Crippen LogP contribution >= 0.6 is 0 Å². The highest BCUT2D eigenvalue weighted by atomic mass is 19.4. The van der Waals surface area contributed by atoms with Crippen molar-refractivity contribution < 1.29 is 22.7 Å². The molecule has 0 bridgehead atoms. The standard InChI is InChI=1S/C14H16F3NO2/c1-9-6-18(7-10(2)20-9)13-4-3-12(14(15,16)17)5-11(13)8-19/h3-5,8-10H,6-7H2,1-2H3/t9-,10+. The Morgan fingerprint density at radius 3 is 2.35 bits per heavy atom. The number of morpholine rings is 1. The first-order valence-corrected chi connectivity index (χ1v) is 6.38. The summed E-state index contributed by atoms with van der Waals surface area (Å²) in [7, 11) is 0. The molecule has 1 aromatic carbocycles. The van der Waals surface area contributed by atoms with Crippen LogP contribution in [0.4, 0.5) is 18.9 Å². The Morgan fingerprint density at radius 1 is 1.25 bits per heavy atom. The van der Waals surface area contributed by atoms with E-state index in [0.717, 1.165) is 12.1 Å². The number of carbonyl (C=O) groups excluding carboxylic acids is 1. The number of benzene rings is 1. The Labute approximate surface area is 115 Å². The molecule has 3 nitrogen and oxygen atoms in total. The first-order chi connectivity index (χ1) is 9.31. The molecular weight excluding hydrogens is 271 g/mol. The molecule has 110 valence electrons. The van der Waals surface area contributed by atoms with Gasteiger partial charge in [-0.3, -0.25) is 4.79 Å². The molecule has 1 heterocycles. The lowest BCUT2D eigenvalue weighted by Gasteiger charge is -2.37. The zero-order valence-electron chi connectivity index (χ0n) is 11.3. The van der Waals surface area contributed by atoms with Gasteiger partial charge in [0.15, 0.2) is 6.29 Å². The summed E-state index contributed by atoms with van der Waals surface area (Å²) < 4.78 is 43.5. The van der Waals surface area contributed by atoms with Crippen LogP contribution in [0, 0.1) is 0 Å². The van der Waals surface area contributed by atoms with E-state index in [2.05, 4.69) is 0 Å². The molecule has 1 aromatic rings. The van der Waals surface area contributed by atoms with Crippen molar-refractivity contribution in [3.63, 3.8) is 0 Å². The molecule has 20 heavy (non-hydrogen) atoms. The molecule has 0 radical (unpaired) electrons. The van der Waals surface area contributed by atoms with Gasteiger partial charge in [0.25, 0.3) is 0 Å². The van der Waals surface area contributed by atoms with Crippen molar-refractivity contribution in [3.05, 3.63) is 29.3 Å². The van der Waals surface area contributed by atoms with Crippen LogP contribution in [-0.2, 0) is 10.9 Å². The van der Waals surface area contributed by atoms with E-state index in [4.69, 9.17) is 4.74 Å². The smallest absolute Gasteiger partial charge is 0.372 e. The molecule has 0 amide bonds. The number of ether oxygens (including phenoxy) is 1. The average molecular weight is 287 g/mol. The number of hydrogen-bond donors (Lipinski definition) is 0. The van der Waals surface area contributed by atoms with Crippen molar-refractivity contribution in [1.29, 1.82) is 0 Å².